The van der Waals surface area contributed by atoms with E-state index in [1.54, 1.807) is 11.9 Å². The Morgan fingerprint density at radius 3 is 2.72 bits per heavy atom. The Hall–Kier alpha value is -1.97. The van der Waals surface area contributed by atoms with Crippen LogP contribution in [0.4, 0.5) is 4.79 Å². The number of aromatic amines is 1. The number of H-pyrrole nitrogens is 1. The average molecular weight is 513 g/mol. The zero-order valence-corrected chi connectivity index (χ0v) is 19.8. The van der Waals surface area contributed by atoms with Gasteiger partial charge in [-0.2, -0.15) is 0 Å². The summed E-state index contributed by atoms with van der Waals surface area (Å²) < 4.78 is 4.79. The molecule has 0 aliphatic carbocycles. The number of rotatable bonds is 5. The van der Waals surface area contributed by atoms with Crippen molar-refractivity contribution in [3.05, 3.63) is 35.5 Å². The van der Waals surface area contributed by atoms with Crippen LogP contribution in [0.3, 0.4) is 0 Å². The molecule has 1 aromatic carbocycles. The highest BCUT2D eigenvalue weighted by Crippen LogP contribution is 2.22. The van der Waals surface area contributed by atoms with E-state index in [1.807, 2.05) is 0 Å². The number of aliphatic imine (C=N–C) groups is 1. The standard InChI is InChI=1S/C21H31N5O2.HI/c1-4-15-6-5-7-18-16(14-24-19(15)18)8-11-23-20(22-2)25-17-9-12-26(13-10-17)21(27)28-3;/h5-7,14,17,24H,4,8-13H2,1-3H3,(H2,22,23,25);1H. The third-order valence-corrected chi connectivity index (χ3v) is 5.45. The number of carbonyl (C=O) groups excluding carboxylic acids is 1. The first-order valence-electron chi connectivity index (χ1n) is 10.0. The average Bonchev–Trinajstić information content (AvgIpc) is 3.16. The molecule has 0 radical (unpaired) electrons. The van der Waals surface area contributed by atoms with E-state index < -0.39 is 0 Å². The molecule has 0 unspecified atom stereocenters. The lowest BCUT2D eigenvalue weighted by atomic mass is 10.1. The maximum absolute atomic E-state index is 11.6. The van der Waals surface area contributed by atoms with Crippen LogP contribution in [0.1, 0.15) is 30.9 Å². The number of carbonyl (C=O) groups is 1. The molecule has 0 atom stereocenters. The predicted molar refractivity (Wildman–Crippen MR) is 128 cm³/mol. The SMILES string of the molecule is CCc1cccc2c(CCNC(=NC)NC3CCN(C(=O)OC)CC3)c[nH]c12.I. The Bertz CT molecular complexity index is 828. The molecule has 160 valence electrons. The number of amides is 1. The fourth-order valence-corrected chi connectivity index (χ4v) is 3.82. The lowest BCUT2D eigenvalue weighted by molar-refractivity contribution is 0.111. The van der Waals surface area contributed by atoms with Crippen molar-refractivity contribution in [1.29, 1.82) is 0 Å². The molecule has 1 aliphatic rings. The van der Waals surface area contributed by atoms with Gasteiger partial charge in [-0.15, -0.1) is 24.0 Å². The van der Waals surface area contributed by atoms with E-state index in [0.29, 0.717) is 19.1 Å². The third-order valence-electron chi connectivity index (χ3n) is 5.45. The number of halogens is 1. The molecule has 2 heterocycles. The number of guanidine groups is 1. The number of piperidine rings is 1. The number of hydrogen-bond donors (Lipinski definition) is 3. The molecule has 0 spiro atoms. The quantitative estimate of drug-likeness (QED) is 0.326. The van der Waals surface area contributed by atoms with Gasteiger partial charge in [-0.1, -0.05) is 25.1 Å². The van der Waals surface area contributed by atoms with Crippen molar-refractivity contribution < 1.29 is 9.53 Å². The fourth-order valence-electron chi connectivity index (χ4n) is 3.82. The summed E-state index contributed by atoms with van der Waals surface area (Å²) in [7, 11) is 3.22. The van der Waals surface area contributed by atoms with Gasteiger partial charge >= 0.3 is 6.09 Å². The monoisotopic (exact) mass is 513 g/mol. The van der Waals surface area contributed by atoms with E-state index >= 15 is 0 Å². The number of fused-ring (bicyclic) bond motifs is 1. The van der Waals surface area contributed by atoms with E-state index in [0.717, 1.165) is 38.2 Å². The van der Waals surface area contributed by atoms with Gasteiger partial charge in [0.1, 0.15) is 0 Å². The van der Waals surface area contributed by atoms with Crippen LogP contribution in [0.25, 0.3) is 10.9 Å². The smallest absolute Gasteiger partial charge is 0.409 e. The number of nitrogens with zero attached hydrogens (tertiary/aromatic N) is 2. The molecule has 1 fully saturated rings. The van der Waals surface area contributed by atoms with Crippen LogP contribution >= 0.6 is 24.0 Å². The lowest BCUT2D eigenvalue weighted by Crippen LogP contribution is -2.50. The first-order chi connectivity index (χ1) is 13.7. The number of aryl methyl sites for hydroxylation is 1. The fraction of sp³-hybridized carbons (Fsp3) is 0.524. The number of ether oxygens (including phenoxy) is 1. The summed E-state index contributed by atoms with van der Waals surface area (Å²) in [6, 6.07) is 6.81. The molecule has 0 saturated carbocycles. The van der Waals surface area contributed by atoms with Crippen LogP contribution in [0.15, 0.2) is 29.4 Å². The topological polar surface area (TPSA) is 81.8 Å². The number of hydrogen-bond acceptors (Lipinski definition) is 3. The number of aromatic nitrogens is 1. The van der Waals surface area contributed by atoms with Gasteiger partial charge in [-0.3, -0.25) is 4.99 Å². The Morgan fingerprint density at radius 1 is 1.31 bits per heavy atom. The van der Waals surface area contributed by atoms with Crippen molar-refractivity contribution in [2.75, 3.05) is 33.8 Å². The molecule has 3 N–H and O–H groups in total. The molecule has 1 saturated heterocycles. The molecule has 29 heavy (non-hydrogen) atoms. The molecule has 1 aliphatic heterocycles. The van der Waals surface area contributed by atoms with Gasteiger partial charge in [0.2, 0.25) is 0 Å². The summed E-state index contributed by atoms with van der Waals surface area (Å²) >= 11 is 0. The molecule has 8 heteroatoms. The van der Waals surface area contributed by atoms with Crippen LogP contribution in [0.2, 0.25) is 0 Å². The summed E-state index contributed by atoms with van der Waals surface area (Å²) in [4.78, 5) is 21.1. The summed E-state index contributed by atoms with van der Waals surface area (Å²) in [6.45, 7) is 4.40. The highest BCUT2D eigenvalue weighted by Gasteiger charge is 2.23. The van der Waals surface area contributed by atoms with E-state index in [2.05, 4.69) is 51.9 Å². The maximum atomic E-state index is 11.6. The van der Waals surface area contributed by atoms with Crippen LogP contribution in [-0.4, -0.2) is 61.8 Å². The molecule has 1 amide bonds. The van der Waals surface area contributed by atoms with E-state index in [9.17, 15) is 4.79 Å². The summed E-state index contributed by atoms with van der Waals surface area (Å²) in [5, 5.41) is 8.19. The van der Waals surface area contributed by atoms with Crippen LogP contribution in [-0.2, 0) is 17.6 Å². The number of likely N-dealkylation sites (tertiary alicyclic amines) is 1. The maximum Gasteiger partial charge on any atom is 0.409 e. The molecular formula is C21H32IN5O2. The molecular weight excluding hydrogens is 481 g/mol. The van der Waals surface area contributed by atoms with E-state index in [1.165, 1.54) is 29.1 Å². The number of benzene rings is 1. The summed E-state index contributed by atoms with van der Waals surface area (Å²) in [5.41, 5.74) is 3.92. The van der Waals surface area contributed by atoms with Gasteiger partial charge in [0.15, 0.2) is 5.96 Å². The van der Waals surface area contributed by atoms with Crippen molar-refractivity contribution in [3.8, 4) is 0 Å². The van der Waals surface area contributed by atoms with Crippen molar-refractivity contribution in [2.45, 2.75) is 38.6 Å². The van der Waals surface area contributed by atoms with Crippen LogP contribution < -0.4 is 10.6 Å². The molecule has 1 aromatic heterocycles. The Kier molecular flexibility index (Phi) is 9.06. The zero-order valence-electron chi connectivity index (χ0n) is 17.5. The van der Waals surface area contributed by atoms with Crippen LogP contribution in [0, 0.1) is 0 Å². The Balaban J connectivity index is 0.00000300. The number of nitrogens with one attached hydrogen (secondary N) is 3. The minimum Gasteiger partial charge on any atom is -0.453 e. The van der Waals surface area contributed by atoms with E-state index in [4.69, 9.17) is 4.74 Å². The summed E-state index contributed by atoms with van der Waals surface area (Å²) in [5.74, 6) is 0.811. The van der Waals surface area contributed by atoms with Crippen molar-refractivity contribution in [1.82, 2.24) is 20.5 Å². The zero-order chi connectivity index (χ0) is 19.9. The minimum atomic E-state index is -0.245. The van der Waals surface area contributed by atoms with Gasteiger partial charge in [0.05, 0.1) is 7.11 Å². The lowest BCUT2D eigenvalue weighted by Gasteiger charge is -2.32. The third kappa shape index (κ3) is 5.77. The second-order valence-corrected chi connectivity index (χ2v) is 7.13. The first-order valence-corrected chi connectivity index (χ1v) is 10.0. The van der Waals surface area contributed by atoms with Crippen molar-refractivity contribution in [3.63, 3.8) is 0 Å². The number of para-hydroxylation sites is 1. The normalized spacial score (nSPS) is 15.1. The highest BCUT2D eigenvalue weighted by atomic mass is 127. The number of methoxy groups -OCH3 is 1. The second kappa shape index (κ2) is 11.3. The molecule has 2 aromatic rings. The summed E-state index contributed by atoms with van der Waals surface area (Å²) in [6.07, 6.45) is 5.60. The van der Waals surface area contributed by atoms with Gasteiger partial charge < -0.3 is 25.3 Å². The van der Waals surface area contributed by atoms with Crippen LogP contribution in [0.5, 0.6) is 0 Å². The highest BCUT2D eigenvalue weighted by molar-refractivity contribution is 14.0. The molecule has 3 rings (SSSR count). The first kappa shape index (κ1) is 23.3. The largest absolute Gasteiger partial charge is 0.453 e. The minimum absolute atomic E-state index is 0. The van der Waals surface area contributed by atoms with E-state index in [-0.39, 0.29) is 30.1 Å². The van der Waals surface area contributed by atoms with Gasteiger partial charge in [0.25, 0.3) is 0 Å². The predicted octanol–water partition coefficient (Wildman–Crippen LogP) is 3.29. The second-order valence-electron chi connectivity index (χ2n) is 7.13. The molecule has 0 bridgehead atoms. The van der Waals surface area contributed by atoms with Gasteiger partial charge in [-0.25, -0.2) is 4.79 Å². The Labute approximate surface area is 189 Å². The van der Waals surface area contributed by atoms with Gasteiger partial charge in [-0.05, 0) is 36.8 Å². The van der Waals surface area contributed by atoms with Gasteiger partial charge in [0, 0.05) is 49.8 Å². The molecule has 7 nitrogen and oxygen atoms in total. The Morgan fingerprint density at radius 2 is 2.07 bits per heavy atom. The van der Waals surface area contributed by atoms with Crippen molar-refractivity contribution >= 4 is 46.9 Å². The van der Waals surface area contributed by atoms with Crippen molar-refractivity contribution in [2.24, 2.45) is 4.99 Å².